The van der Waals surface area contributed by atoms with Gasteiger partial charge in [-0.05, 0) is 25.7 Å². The van der Waals surface area contributed by atoms with Gasteiger partial charge in [-0.15, -0.1) is 0 Å². The Kier molecular flexibility index (Phi) is 48.0. The molecule has 378 valence electrons. The van der Waals surface area contributed by atoms with Gasteiger partial charge in [-0.2, -0.15) is 0 Å². The molecule has 1 aliphatic rings. The molecule has 0 saturated carbocycles. The summed E-state index contributed by atoms with van der Waals surface area (Å²) in [6, 6.07) is 0. The second-order valence-electron chi connectivity index (χ2n) is 20.6. The van der Waals surface area contributed by atoms with Crippen molar-refractivity contribution in [1.29, 1.82) is 0 Å². The molecule has 0 atom stereocenters. The van der Waals surface area contributed by atoms with Gasteiger partial charge in [0.1, 0.15) is 0 Å². The van der Waals surface area contributed by atoms with Crippen LogP contribution in [0.2, 0.25) is 0 Å². The van der Waals surface area contributed by atoms with E-state index in [0.29, 0.717) is 12.8 Å². The molecule has 0 radical (unpaired) electrons. The van der Waals surface area contributed by atoms with E-state index in [0.717, 1.165) is 32.2 Å². The summed E-state index contributed by atoms with van der Waals surface area (Å²) in [4.78, 5) is 28.6. The van der Waals surface area contributed by atoms with E-state index in [1.807, 2.05) is 0 Å². The number of hydrogen-bond acceptors (Lipinski definition) is 4. The number of carboxylic acid groups (broad SMARTS) is 2. The monoisotopic (exact) mass is 901 g/mol. The minimum atomic E-state index is -0.650. The first kappa shape index (κ1) is 60.4. The van der Waals surface area contributed by atoms with E-state index in [1.54, 1.807) is 0 Å². The van der Waals surface area contributed by atoms with E-state index < -0.39 is 11.9 Å². The van der Waals surface area contributed by atoms with Crippen molar-refractivity contribution < 1.29 is 19.8 Å². The number of nitrogens with zero attached hydrogens (tertiary/aromatic N) is 2. The number of rotatable bonds is 55. The summed E-state index contributed by atoms with van der Waals surface area (Å²) in [5, 5.41) is 17.4. The first-order valence-corrected chi connectivity index (χ1v) is 29.3. The lowest BCUT2D eigenvalue weighted by atomic mass is 10.0. The Balaban J connectivity index is 1.72. The molecule has 1 aliphatic heterocycles. The number of carbonyl (C=O) groups is 2. The molecule has 0 aromatic rings. The predicted octanol–water partition coefficient (Wildman–Crippen LogP) is 19.2. The van der Waals surface area contributed by atoms with Crippen LogP contribution in [0.4, 0.5) is 0 Å². The lowest BCUT2D eigenvalue weighted by Crippen LogP contribution is -2.28. The van der Waals surface area contributed by atoms with Gasteiger partial charge in [0.05, 0.1) is 12.4 Å². The summed E-state index contributed by atoms with van der Waals surface area (Å²) in [7, 11) is 0. The van der Waals surface area contributed by atoms with Crippen LogP contribution in [-0.4, -0.2) is 52.5 Å². The molecule has 0 aromatic carbocycles. The molecular weight excluding hydrogens is 789 g/mol. The van der Waals surface area contributed by atoms with Crippen LogP contribution in [0.25, 0.3) is 0 Å². The molecule has 2 N–H and O–H groups in total. The molecule has 64 heavy (non-hydrogen) atoms. The van der Waals surface area contributed by atoms with Gasteiger partial charge in [0.15, 0.2) is 0 Å². The maximum atomic E-state index is 10.5. The Morgan fingerprint density at radius 1 is 0.312 bits per heavy atom. The molecule has 0 unspecified atom stereocenters. The summed E-state index contributed by atoms with van der Waals surface area (Å²) in [6.45, 7) is 3.44. The number of aliphatic imine (C=N–C) groups is 1. The number of unbranched alkanes of at least 4 members (excludes halogenated alkanes) is 47. The SMILES string of the molecule is O=C(O)CCCCCCCCCCCCCCCCCCCCCCCCCCCN1CCN=C1CCCCCCCCCCCCCCCCCCCCCCCCCCC(=O)O. The second kappa shape index (κ2) is 50.8. The Hall–Kier alpha value is -1.59. The van der Waals surface area contributed by atoms with Gasteiger partial charge in [0.25, 0.3) is 0 Å². The van der Waals surface area contributed by atoms with Gasteiger partial charge in [-0.25, -0.2) is 0 Å². The average molecular weight is 902 g/mol. The van der Waals surface area contributed by atoms with Crippen LogP contribution in [0.1, 0.15) is 334 Å². The Morgan fingerprint density at radius 3 is 0.750 bits per heavy atom. The highest BCUT2D eigenvalue weighted by atomic mass is 16.4. The van der Waals surface area contributed by atoms with Gasteiger partial charge in [-0.3, -0.25) is 14.6 Å². The molecule has 0 fully saturated rings. The van der Waals surface area contributed by atoms with Crippen LogP contribution in [0, 0.1) is 0 Å². The van der Waals surface area contributed by atoms with Crippen molar-refractivity contribution in [2.45, 2.75) is 334 Å². The molecule has 0 bridgehead atoms. The van der Waals surface area contributed by atoms with Crippen molar-refractivity contribution in [3.05, 3.63) is 0 Å². The maximum Gasteiger partial charge on any atom is 0.303 e. The van der Waals surface area contributed by atoms with Gasteiger partial charge in [-0.1, -0.05) is 289 Å². The van der Waals surface area contributed by atoms with Gasteiger partial charge < -0.3 is 15.1 Å². The predicted molar refractivity (Wildman–Crippen MR) is 279 cm³/mol. The molecule has 0 aromatic heterocycles. The highest BCUT2D eigenvalue weighted by molar-refractivity contribution is 5.83. The van der Waals surface area contributed by atoms with Crippen molar-refractivity contribution in [1.82, 2.24) is 4.90 Å². The summed E-state index contributed by atoms with van der Waals surface area (Å²) in [5.74, 6) is 0.127. The van der Waals surface area contributed by atoms with E-state index in [4.69, 9.17) is 15.2 Å². The van der Waals surface area contributed by atoms with Crippen LogP contribution in [0.15, 0.2) is 4.99 Å². The van der Waals surface area contributed by atoms with Crippen LogP contribution >= 0.6 is 0 Å². The van der Waals surface area contributed by atoms with Crippen molar-refractivity contribution >= 4 is 17.8 Å². The molecular formula is C58H112N2O4. The Bertz CT molecular complexity index is 1000. The topological polar surface area (TPSA) is 90.2 Å². The van der Waals surface area contributed by atoms with Crippen molar-refractivity contribution in [2.24, 2.45) is 4.99 Å². The minimum Gasteiger partial charge on any atom is -0.481 e. The molecule has 6 heteroatoms. The zero-order chi connectivity index (χ0) is 45.9. The van der Waals surface area contributed by atoms with Crippen molar-refractivity contribution in [2.75, 3.05) is 19.6 Å². The van der Waals surface area contributed by atoms with E-state index in [1.165, 1.54) is 314 Å². The van der Waals surface area contributed by atoms with Crippen molar-refractivity contribution in [3.63, 3.8) is 0 Å². The highest BCUT2D eigenvalue weighted by Gasteiger charge is 2.15. The number of hydrogen-bond donors (Lipinski definition) is 2. The molecule has 0 amide bonds. The minimum absolute atomic E-state index is 0.341. The van der Waals surface area contributed by atoms with Crippen LogP contribution in [-0.2, 0) is 9.59 Å². The summed E-state index contributed by atoms with van der Waals surface area (Å²) in [5.41, 5.74) is 0. The zero-order valence-corrected chi connectivity index (χ0v) is 43.0. The van der Waals surface area contributed by atoms with E-state index >= 15 is 0 Å². The highest BCUT2D eigenvalue weighted by Crippen LogP contribution is 2.19. The van der Waals surface area contributed by atoms with E-state index in [9.17, 15) is 9.59 Å². The fourth-order valence-corrected chi connectivity index (χ4v) is 10.1. The average Bonchev–Trinajstić information content (AvgIpc) is 3.73. The number of amidine groups is 1. The van der Waals surface area contributed by atoms with Crippen LogP contribution in [0.3, 0.4) is 0 Å². The van der Waals surface area contributed by atoms with E-state index in [-0.39, 0.29) is 0 Å². The number of carboxylic acids is 2. The Labute approximate surface area is 399 Å². The summed E-state index contributed by atoms with van der Waals surface area (Å²) >= 11 is 0. The maximum absolute atomic E-state index is 10.5. The van der Waals surface area contributed by atoms with Gasteiger partial charge >= 0.3 is 11.9 Å². The van der Waals surface area contributed by atoms with E-state index in [2.05, 4.69) is 4.90 Å². The summed E-state index contributed by atoms with van der Waals surface area (Å²) < 4.78 is 0. The third-order valence-electron chi connectivity index (χ3n) is 14.4. The quantitative estimate of drug-likeness (QED) is 0.0594. The van der Waals surface area contributed by atoms with Crippen LogP contribution in [0.5, 0.6) is 0 Å². The first-order valence-electron chi connectivity index (χ1n) is 29.3. The largest absolute Gasteiger partial charge is 0.481 e. The molecule has 6 nitrogen and oxygen atoms in total. The second-order valence-corrected chi connectivity index (χ2v) is 20.6. The molecule has 0 saturated heterocycles. The molecule has 0 aliphatic carbocycles. The van der Waals surface area contributed by atoms with Gasteiger partial charge in [0, 0.05) is 32.4 Å². The third-order valence-corrected chi connectivity index (χ3v) is 14.4. The lowest BCUT2D eigenvalue weighted by molar-refractivity contribution is -0.138. The first-order chi connectivity index (χ1) is 31.6. The molecule has 0 spiro atoms. The third kappa shape index (κ3) is 46.9. The number of aliphatic carboxylic acids is 2. The molecule has 1 heterocycles. The smallest absolute Gasteiger partial charge is 0.303 e. The van der Waals surface area contributed by atoms with Crippen LogP contribution < -0.4 is 0 Å². The standard InChI is InChI=1S/C58H112N2O4/c61-57(62)51-47-43-39-35-31-27-23-19-15-11-7-2-1-5-9-13-17-21-25-29-33-37-41-45-49-54-60-55-53-59-56(60)50-46-42-38-34-30-26-22-18-14-10-6-3-4-8-12-16-20-24-28-32-36-40-44-48-52-58(63)64/h1-55H2,(H,61,62)(H,63,64). The van der Waals surface area contributed by atoms with Gasteiger partial charge in [0.2, 0.25) is 0 Å². The zero-order valence-electron chi connectivity index (χ0n) is 43.0. The Morgan fingerprint density at radius 2 is 0.516 bits per heavy atom. The fraction of sp³-hybridized carbons (Fsp3) is 0.948. The molecule has 1 rings (SSSR count). The normalized spacial score (nSPS) is 12.8. The summed E-state index contributed by atoms with van der Waals surface area (Å²) in [6.07, 6.45) is 69.0. The lowest BCUT2D eigenvalue weighted by Gasteiger charge is -2.20. The van der Waals surface area contributed by atoms with Crippen molar-refractivity contribution in [3.8, 4) is 0 Å². The fourth-order valence-electron chi connectivity index (χ4n) is 10.1.